The van der Waals surface area contributed by atoms with Gasteiger partial charge in [-0.25, -0.2) is 4.98 Å². The highest BCUT2D eigenvalue weighted by Gasteiger charge is 2.42. The van der Waals surface area contributed by atoms with Crippen LogP contribution in [0.3, 0.4) is 0 Å². The van der Waals surface area contributed by atoms with Gasteiger partial charge in [0.05, 0.1) is 11.9 Å². The molecule has 2 amide bonds. The first-order valence-corrected chi connectivity index (χ1v) is 11.3. The molecule has 0 aliphatic carbocycles. The minimum Gasteiger partial charge on any atom is -0.417 e. The SMILES string of the molecule is CC(=O)NC1CCN(c2ccc(NC(=O)c3oc(N4CCCCC4)nc3C(F)(F)F)cn2)CC1. The summed E-state index contributed by atoms with van der Waals surface area (Å²) in [6.07, 6.45) is 0.781. The molecule has 0 aromatic carbocycles. The molecule has 2 aliphatic heterocycles. The van der Waals surface area contributed by atoms with Crippen LogP contribution in [0.1, 0.15) is 55.3 Å². The van der Waals surface area contributed by atoms with Gasteiger partial charge < -0.3 is 24.9 Å². The molecule has 184 valence electrons. The molecule has 2 saturated heterocycles. The van der Waals surface area contributed by atoms with Gasteiger partial charge in [0.1, 0.15) is 5.82 Å². The summed E-state index contributed by atoms with van der Waals surface area (Å²) in [7, 11) is 0. The van der Waals surface area contributed by atoms with E-state index >= 15 is 0 Å². The number of hydrogen-bond donors (Lipinski definition) is 2. The molecule has 2 aliphatic rings. The summed E-state index contributed by atoms with van der Waals surface area (Å²) < 4.78 is 45.9. The zero-order valence-corrected chi connectivity index (χ0v) is 18.8. The quantitative estimate of drug-likeness (QED) is 0.676. The van der Waals surface area contributed by atoms with E-state index in [0.717, 1.165) is 32.1 Å². The predicted molar refractivity (Wildman–Crippen MR) is 119 cm³/mol. The summed E-state index contributed by atoms with van der Waals surface area (Å²) in [5, 5.41) is 5.33. The first-order valence-electron chi connectivity index (χ1n) is 11.3. The van der Waals surface area contributed by atoms with Crippen molar-refractivity contribution in [3.63, 3.8) is 0 Å². The molecule has 0 bridgehead atoms. The second-order valence-electron chi connectivity index (χ2n) is 8.54. The number of piperidine rings is 2. The molecule has 4 heterocycles. The van der Waals surface area contributed by atoms with Gasteiger partial charge in [0.25, 0.3) is 11.9 Å². The number of rotatable bonds is 5. The van der Waals surface area contributed by atoms with Crippen LogP contribution < -0.4 is 20.4 Å². The number of carbonyl (C=O) groups is 2. The van der Waals surface area contributed by atoms with E-state index in [1.165, 1.54) is 13.1 Å². The van der Waals surface area contributed by atoms with Crippen LogP contribution in [-0.4, -0.2) is 54.0 Å². The fourth-order valence-electron chi connectivity index (χ4n) is 4.25. The molecule has 2 aromatic rings. The van der Waals surface area contributed by atoms with Crippen LogP contribution in [0.5, 0.6) is 0 Å². The third kappa shape index (κ3) is 5.60. The summed E-state index contributed by atoms with van der Waals surface area (Å²) >= 11 is 0. The number of nitrogens with one attached hydrogen (secondary N) is 2. The molecule has 9 nitrogen and oxygen atoms in total. The van der Waals surface area contributed by atoms with E-state index in [-0.39, 0.29) is 23.7 Å². The van der Waals surface area contributed by atoms with Crippen LogP contribution in [-0.2, 0) is 11.0 Å². The van der Waals surface area contributed by atoms with Crippen LogP contribution in [0.25, 0.3) is 0 Å². The third-order valence-corrected chi connectivity index (χ3v) is 5.95. The number of alkyl halides is 3. The number of oxazole rings is 1. The lowest BCUT2D eigenvalue weighted by molar-refractivity contribution is -0.141. The van der Waals surface area contributed by atoms with Gasteiger partial charge in [-0.1, -0.05) is 0 Å². The molecule has 12 heteroatoms. The summed E-state index contributed by atoms with van der Waals surface area (Å²) in [5.74, 6) is -1.27. The van der Waals surface area contributed by atoms with Crippen molar-refractivity contribution in [1.82, 2.24) is 15.3 Å². The maximum Gasteiger partial charge on any atom is 0.437 e. The average molecular weight is 480 g/mol. The predicted octanol–water partition coefficient (Wildman–Crippen LogP) is 3.44. The Bertz CT molecular complexity index is 1010. The lowest BCUT2D eigenvalue weighted by Gasteiger charge is -2.33. The van der Waals surface area contributed by atoms with Crippen LogP contribution in [0, 0.1) is 0 Å². The number of halogens is 3. The summed E-state index contributed by atoms with van der Waals surface area (Å²) in [5.41, 5.74) is -1.09. The Labute approximate surface area is 194 Å². The van der Waals surface area contributed by atoms with Gasteiger partial charge in [0.2, 0.25) is 11.7 Å². The second kappa shape index (κ2) is 9.90. The molecule has 0 spiro atoms. The minimum atomic E-state index is -4.82. The number of anilines is 3. The van der Waals surface area contributed by atoms with Crippen molar-refractivity contribution in [2.75, 3.05) is 41.3 Å². The minimum absolute atomic E-state index is 0.0554. The first kappa shape index (κ1) is 23.8. The van der Waals surface area contributed by atoms with E-state index in [1.54, 1.807) is 17.0 Å². The molecule has 2 N–H and O–H groups in total. The second-order valence-corrected chi connectivity index (χ2v) is 8.54. The molecular formula is C22H27F3N6O3. The molecular weight excluding hydrogens is 453 g/mol. The van der Waals surface area contributed by atoms with Crippen molar-refractivity contribution >= 4 is 29.3 Å². The molecule has 2 fully saturated rings. The van der Waals surface area contributed by atoms with E-state index in [4.69, 9.17) is 4.42 Å². The third-order valence-electron chi connectivity index (χ3n) is 5.95. The average Bonchev–Trinajstić information content (AvgIpc) is 3.27. The van der Waals surface area contributed by atoms with Gasteiger partial charge in [-0.3, -0.25) is 9.59 Å². The van der Waals surface area contributed by atoms with Gasteiger partial charge in [-0.15, -0.1) is 0 Å². The highest BCUT2D eigenvalue weighted by Crippen LogP contribution is 2.35. The number of nitrogens with zero attached hydrogens (tertiary/aromatic N) is 4. The summed E-state index contributed by atoms with van der Waals surface area (Å²) in [6, 6.07) is 3.22. The summed E-state index contributed by atoms with van der Waals surface area (Å²) in [4.78, 5) is 35.5. The maximum atomic E-state index is 13.5. The number of pyridine rings is 1. The van der Waals surface area contributed by atoms with E-state index in [0.29, 0.717) is 32.0 Å². The maximum absolute atomic E-state index is 13.5. The fourth-order valence-corrected chi connectivity index (χ4v) is 4.25. The smallest absolute Gasteiger partial charge is 0.417 e. The van der Waals surface area contributed by atoms with Crippen LogP contribution >= 0.6 is 0 Å². The van der Waals surface area contributed by atoms with Crippen molar-refractivity contribution < 1.29 is 27.2 Å². The van der Waals surface area contributed by atoms with Gasteiger partial charge in [0, 0.05) is 39.1 Å². The lowest BCUT2D eigenvalue weighted by Crippen LogP contribution is -2.44. The molecule has 4 rings (SSSR count). The Balaban J connectivity index is 1.42. The largest absolute Gasteiger partial charge is 0.437 e. The van der Waals surface area contributed by atoms with Gasteiger partial charge in [-0.05, 0) is 44.2 Å². The van der Waals surface area contributed by atoms with Gasteiger partial charge in [0.15, 0.2) is 5.69 Å². The normalized spacial score (nSPS) is 17.5. The van der Waals surface area contributed by atoms with E-state index in [1.807, 2.05) is 4.90 Å². The Morgan fingerprint density at radius 1 is 1.06 bits per heavy atom. The Kier molecular flexibility index (Phi) is 6.94. The van der Waals surface area contributed by atoms with Crippen LogP contribution in [0.2, 0.25) is 0 Å². The number of amides is 2. The number of carbonyl (C=O) groups excluding carboxylic acids is 2. The first-order chi connectivity index (χ1) is 16.2. The van der Waals surface area contributed by atoms with Crippen molar-refractivity contribution in [3.8, 4) is 0 Å². The molecule has 0 saturated carbocycles. The number of aromatic nitrogens is 2. The Morgan fingerprint density at radius 3 is 2.35 bits per heavy atom. The zero-order valence-electron chi connectivity index (χ0n) is 18.8. The van der Waals surface area contributed by atoms with E-state index in [2.05, 4.69) is 20.6 Å². The molecule has 0 radical (unpaired) electrons. The summed E-state index contributed by atoms with van der Waals surface area (Å²) in [6.45, 7) is 3.97. The van der Waals surface area contributed by atoms with Gasteiger partial charge >= 0.3 is 6.18 Å². The highest BCUT2D eigenvalue weighted by molar-refractivity contribution is 6.03. The van der Waals surface area contributed by atoms with Crippen molar-refractivity contribution in [2.45, 2.75) is 51.2 Å². The van der Waals surface area contributed by atoms with Crippen LogP contribution in [0.4, 0.5) is 30.7 Å². The van der Waals surface area contributed by atoms with E-state index < -0.39 is 23.5 Å². The van der Waals surface area contributed by atoms with Crippen LogP contribution in [0.15, 0.2) is 22.7 Å². The molecule has 2 aromatic heterocycles. The topological polar surface area (TPSA) is 104 Å². The molecule has 34 heavy (non-hydrogen) atoms. The molecule has 0 atom stereocenters. The van der Waals surface area contributed by atoms with Crippen molar-refractivity contribution in [3.05, 3.63) is 29.8 Å². The monoisotopic (exact) mass is 480 g/mol. The van der Waals surface area contributed by atoms with Crippen molar-refractivity contribution in [2.24, 2.45) is 0 Å². The standard InChI is InChI=1S/C22H27F3N6O3/c1-14(32)27-15-7-11-30(12-8-15)17-6-5-16(13-26-17)28-20(33)18-19(22(23,24)25)29-21(34-18)31-9-3-2-4-10-31/h5-6,13,15H,2-4,7-12H2,1H3,(H,27,32)(H,28,33). The lowest BCUT2D eigenvalue weighted by atomic mass is 10.1. The fraction of sp³-hybridized carbons (Fsp3) is 0.545. The van der Waals surface area contributed by atoms with Crippen molar-refractivity contribution in [1.29, 1.82) is 0 Å². The highest BCUT2D eigenvalue weighted by atomic mass is 19.4. The zero-order chi connectivity index (χ0) is 24.3. The molecule has 0 unspecified atom stereocenters. The number of hydrogen-bond acceptors (Lipinski definition) is 7. The Hall–Kier alpha value is -3.31. The Morgan fingerprint density at radius 2 is 1.76 bits per heavy atom. The van der Waals surface area contributed by atoms with Gasteiger partial charge in [-0.2, -0.15) is 18.2 Å². The van der Waals surface area contributed by atoms with E-state index in [9.17, 15) is 22.8 Å².